The lowest BCUT2D eigenvalue weighted by atomic mass is 9.86. The predicted molar refractivity (Wildman–Crippen MR) is 105 cm³/mol. The molecule has 0 bridgehead atoms. The van der Waals surface area contributed by atoms with E-state index in [-0.39, 0.29) is 31.1 Å². The molecule has 0 radical (unpaired) electrons. The second-order valence-corrected chi connectivity index (χ2v) is 8.45. The van der Waals surface area contributed by atoms with E-state index >= 15 is 0 Å². The Morgan fingerprint density at radius 1 is 1.38 bits per heavy atom. The SMILES string of the molecule is CC(C)C(=O)OC[C@H]1O[C@@H](N2CN=C3C2=NC=NC3(N)C2CCCC2)[C@H](O)[C@@H]1O. The molecular formula is C19H29N5O5. The van der Waals surface area contributed by atoms with E-state index in [1.807, 2.05) is 0 Å². The average molecular weight is 407 g/mol. The Kier molecular flexibility index (Phi) is 5.45. The summed E-state index contributed by atoms with van der Waals surface area (Å²) in [5.41, 5.74) is 6.35. The molecule has 1 saturated heterocycles. The van der Waals surface area contributed by atoms with Crippen LogP contribution in [0.3, 0.4) is 0 Å². The Morgan fingerprint density at radius 3 is 2.79 bits per heavy atom. The molecule has 0 aromatic heterocycles. The number of hydrogen-bond acceptors (Lipinski definition) is 10. The molecule has 3 heterocycles. The van der Waals surface area contributed by atoms with Crippen molar-refractivity contribution in [3.05, 3.63) is 0 Å². The highest BCUT2D eigenvalue weighted by molar-refractivity contribution is 6.47. The number of nitrogens with two attached hydrogens (primary N) is 1. The van der Waals surface area contributed by atoms with Crippen molar-refractivity contribution in [2.45, 2.75) is 69.7 Å². The van der Waals surface area contributed by atoms with Crippen molar-refractivity contribution >= 4 is 23.9 Å². The second kappa shape index (κ2) is 7.75. The van der Waals surface area contributed by atoms with Gasteiger partial charge in [-0.15, -0.1) is 0 Å². The fourth-order valence-electron chi connectivity index (χ4n) is 4.42. The number of esters is 1. The lowest BCUT2D eigenvalue weighted by molar-refractivity contribution is -0.154. The number of carbonyl (C=O) groups excluding carboxylic acids is 1. The van der Waals surface area contributed by atoms with Crippen molar-refractivity contribution in [3.63, 3.8) is 0 Å². The van der Waals surface area contributed by atoms with Crippen LogP contribution >= 0.6 is 0 Å². The van der Waals surface area contributed by atoms with E-state index in [9.17, 15) is 15.0 Å². The van der Waals surface area contributed by atoms with E-state index in [0.717, 1.165) is 25.7 Å². The van der Waals surface area contributed by atoms with Crippen molar-refractivity contribution < 1.29 is 24.5 Å². The molecule has 29 heavy (non-hydrogen) atoms. The number of nitrogens with zero attached hydrogens (tertiary/aromatic N) is 4. The van der Waals surface area contributed by atoms with E-state index in [0.29, 0.717) is 11.5 Å². The van der Waals surface area contributed by atoms with Crippen LogP contribution < -0.4 is 5.73 Å². The van der Waals surface area contributed by atoms with Crippen LogP contribution in [0.1, 0.15) is 39.5 Å². The van der Waals surface area contributed by atoms with E-state index in [1.54, 1.807) is 18.7 Å². The van der Waals surface area contributed by atoms with Gasteiger partial charge >= 0.3 is 5.97 Å². The Hall–Kier alpha value is -1.88. The second-order valence-electron chi connectivity index (χ2n) is 8.45. The van der Waals surface area contributed by atoms with E-state index in [4.69, 9.17) is 15.2 Å². The quantitative estimate of drug-likeness (QED) is 0.528. The van der Waals surface area contributed by atoms with Crippen LogP contribution in [0.25, 0.3) is 0 Å². The van der Waals surface area contributed by atoms with Crippen LogP contribution in [-0.2, 0) is 14.3 Å². The molecule has 3 aliphatic heterocycles. The Balaban J connectivity index is 1.47. The molecule has 4 aliphatic rings. The average Bonchev–Trinajstić information content (AvgIpc) is 3.42. The minimum Gasteiger partial charge on any atom is -0.463 e. The maximum atomic E-state index is 11.7. The van der Waals surface area contributed by atoms with Gasteiger partial charge in [0.15, 0.2) is 17.7 Å². The molecule has 160 valence electrons. The number of carbonyl (C=O) groups is 1. The minimum atomic E-state index is -1.20. The van der Waals surface area contributed by atoms with E-state index in [1.165, 1.54) is 6.34 Å². The molecule has 4 rings (SSSR count). The number of hydrogen-bond donors (Lipinski definition) is 3. The summed E-state index contributed by atoms with van der Waals surface area (Å²) in [5, 5.41) is 21.0. The number of aliphatic imine (C=N–C) groups is 3. The standard InChI is InChI=1S/C19H29N5O5/c1-10(2)18(27)28-7-12-13(25)14(26)17(29-12)24-9-22-15-16(24)21-8-23-19(15,20)11-5-3-4-6-11/h8,10-14,17,25-26H,3-7,9,20H2,1-2H3/t12-,13-,14-,17-,19?/m1/s1. The summed E-state index contributed by atoms with van der Waals surface area (Å²) in [6.07, 6.45) is 1.57. The van der Waals surface area contributed by atoms with Gasteiger partial charge < -0.3 is 30.3 Å². The van der Waals surface area contributed by atoms with Crippen LogP contribution in [0, 0.1) is 11.8 Å². The summed E-state index contributed by atoms with van der Waals surface area (Å²) in [4.78, 5) is 26.8. The fraction of sp³-hybridized carbons (Fsp3) is 0.789. The molecule has 10 heteroatoms. The van der Waals surface area contributed by atoms with Gasteiger partial charge in [-0.05, 0) is 12.8 Å². The molecule has 0 aromatic rings. The van der Waals surface area contributed by atoms with Crippen LogP contribution in [0.5, 0.6) is 0 Å². The van der Waals surface area contributed by atoms with Crippen molar-refractivity contribution in [2.75, 3.05) is 13.3 Å². The zero-order valence-electron chi connectivity index (χ0n) is 16.8. The van der Waals surface area contributed by atoms with Crippen molar-refractivity contribution in [1.29, 1.82) is 0 Å². The molecule has 5 atom stereocenters. The maximum absolute atomic E-state index is 11.7. The van der Waals surface area contributed by atoms with Gasteiger partial charge in [0.05, 0.1) is 5.92 Å². The molecule has 1 unspecified atom stereocenters. The normalized spacial score (nSPS) is 37.1. The highest BCUT2D eigenvalue weighted by Crippen LogP contribution is 2.38. The highest BCUT2D eigenvalue weighted by Gasteiger charge is 2.52. The van der Waals surface area contributed by atoms with Crippen molar-refractivity contribution in [1.82, 2.24) is 4.90 Å². The zero-order chi connectivity index (χ0) is 20.8. The third-order valence-electron chi connectivity index (χ3n) is 6.18. The van der Waals surface area contributed by atoms with Gasteiger partial charge in [-0.3, -0.25) is 9.79 Å². The van der Waals surface area contributed by atoms with Gasteiger partial charge in [-0.25, -0.2) is 9.98 Å². The predicted octanol–water partition coefficient (Wildman–Crippen LogP) is -0.368. The van der Waals surface area contributed by atoms with Crippen LogP contribution in [0.2, 0.25) is 0 Å². The maximum Gasteiger partial charge on any atom is 0.308 e. The third kappa shape index (κ3) is 3.48. The monoisotopic (exact) mass is 407 g/mol. The number of ether oxygens (including phenoxy) is 2. The van der Waals surface area contributed by atoms with Crippen molar-refractivity contribution in [2.24, 2.45) is 32.5 Å². The lowest BCUT2D eigenvalue weighted by Crippen LogP contribution is -2.58. The largest absolute Gasteiger partial charge is 0.463 e. The molecule has 2 fully saturated rings. The Bertz CT molecular complexity index is 747. The third-order valence-corrected chi connectivity index (χ3v) is 6.18. The Labute approximate surface area is 169 Å². The van der Waals surface area contributed by atoms with Crippen LogP contribution in [0.15, 0.2) is 15.0 Å². The van der Waals surface area contributed by atoms with Crippen LogP contribution in [0.4, 0.5) is 0 Å². The number of amidine groups is 1. The topological polar surface area (TPSA) is 142 Å². The van der Waals surface area contributed by atoms with E-state index in [2.05, 4.69) is 15.0 Å². The van der Waals surface area contributed by atoms with Gasteiger partial charge in [0, 0.05) is 5.92 Å². The summed E-state index contributed by atoms with van der Waals surface area (Å²) in [6.45, 7) is 3.52. The molecular weight excluding hydrogens is 378 g/mol. The first-order chi connectivity index (χ1) is 13.8. The Morgan fingerprint density at radius 2 is 2.10 bits per heavy atom. The first kappa shape index (κ1) is 20.4. The first-order valence-corrected chi connectivity index (χ1v) is 10.2. The molecule has 0 spiro atoms. The summed E-state index contributed by atoms with van der Waals surface area (Å²) in [6, 6.07) is 0. The molecule has 1 aliphatic carbocycles. The number of aliphatic hydroxyl groups is 2. The highest BCUT2D eigenvalue weighted by atomic mass is 16.6. The molecule has 0 amide bonds. The minimum absolute atomic E-state index is 0.135. The van der Waals surface area contributed by atoms with Gasteiger partial charge in [0.1, 0.15) is 43.6 Å². The summed E-state index contributed by atoms with van der Waals surface area (Å²) in [5.74, 6) is 0.0486. The smallest absolute Gasteiger partial charge is 0.308 e. The fourth-order valence-corrected chi connectivity index (χ4v) is 4.42. The molecule has 1 saturated carbocycles. The number of aliphatic hydroxyl groups excluding tert-OH is 2. The molecule has 4 N–H and O–H groups in total. The van der Waals surface area contributed by atoms with Crippen LogP contribution in [-0.4, -0.2) is 82.4 Å². The van der Waals surface area contributed by atoms with Crippen molar-refractivity contribution in [3.8, 4) is 0 Å². The number of rotatable bonds is 5. The summed E-state index contributed by atoms with van der Waals surface area (Å²) in [7, 11) is 0. The van der Waals surface area contributed by atoms with E-state index < -0.39 is 30.2 Å². The van der Waals surface area contributed by atoms with Gasteiger partial charge in [-0.2, -0.15) is 0 Å². The summed E-state index contributed by atoms with van der Waals surface area (Å²) < 4.78 is 11.0. The van der Waals surface area contributed by atoms with Gasteiger partial charge in [0.25, 0.3) is 0 Å². The van der Waals surface area contributed by atoms with Gasteiger partial charge in [-0.1, -0.05) is 26.7 Å². The van der Waals surface area contributed by atoms with Gasteiger partial charge in [0.2, 0.25) is 0 Å². The lowest BCUT2D eigenvalue weighted by Gasteiger charge is -2.35. The molecule has 10 nitrogen and oxygen atoms in total. The molecule has 0 aromatic carbocycles. The number of fused-ring (bicyclic) bond motifs is 1. The first-order valence-electron chi connectivity index (χ1n) is 10.2. The zero-order valence-corrected chi connectivity index (χ0v) is 16.8. The summed E-state index contributed by atoms with van der Waals surface area (Å²) >= 11 is 0.